The number of rotatable bonds is 7. The molecule has 0 unspecified atom stereocenters. The Morgan fingerprint density at radius 3 is 2.46 bits per heavy atom. The molecule has 126 valence electrons. The highest BCUT2D eigenvalue weighted by molar-refractivity contribution is 5.73. The number of esters is 1. The second-order valence-corrected chi connectivity index (χ2v) is 6.04. The van der Waals surface area contributed by atoms with Gasteiger partial charge in [-0.2, -0.15) is 0 Å². The minimum Gasteiger partial charge on any atom is -0.466 e. The van der Waals surface area contributed by atoms with Crippen LogP contribution in [0.4, 0.5) is 0 Å². The first-order valence-corrected chi connectivity index (χ1v) is 8.59. The monoisotopic (exact) mass is 322 g/mol. The highest BCUT2D eigenvalue weighted by atomic mass is 16.5. The van der Waals surface area contributed by atoms with E-state index < -0.39 is 0 Å². The van der Waals surface area contributed by atoms with Crippen molar-refractivity contribution in [3.63, 3.8) is 0 Å². The van der Waals surface area contributed by atoms with Crippen LogP contribution in [-0.4, -0.2) is 12.6 Å². The summed E-state index contributed by atoms with van der Waals surface area (Å²) in [5, 5.41) is 0. The van der Waals surface area contributed by atoms with E-state index in [-0.39, 0.29) is 5.97 Å². The SMILES string of the molecule is CCOC(=O)CCCc1cccc(/C=C/c2c(C)cccc2C)c1. The number of hydrogen-bond donors (Lipinski definition) is 0. The third-order valence-corrected chi connectivity index (χ3v) is 4.09. The third-order valence-electron chi connectivity index (χ3n) is 4.09. The van der Waals surface area contributed by atoms with Crippen molar-refractivity contribution in [2.45, 2.75) is 40.0 Å². The molecule has 0 aromatic heterocycles. The van der Waals surface area contributed by atoms with Crippen LogP contribution < -0.4 is 0 Å². The van der Waals surface area contributed by atoms with Crippen LogP contribution in [-0.2, 0) is 16.0 Å². The molecule has 0 bridgehead atoms. The Balaban J connectivity index is 2.00. The first kappa shape index (κ1) is 18.0. The van der Waals surface area contributed by atoms with Crippen molar-refractivity contribution in [1.29, 1.82) is 0 Å². The number of ether oxygens (including phenoxy) is 1. The third kappa shape index (κ3) is 5.38. The zero-order valence-corrected chi connectivity index (χ0v) is 14.8. The molecule has 2 aromatic rings. The van der Waals surface area contributed by atoms with Crippen molar-refractivity contribution >= 4 is 18.1 Å². The maximum Gasteiger partial charge on any atom is 0.305 e. The molecule has 0 amide bonds. The minimum atomic E-state index is -0.108. The lowest BCUT2D eigenvalue weighted by atomic mass is 10.0. The van der Waals surface area contributed by atoms with Crippen molar-refractivity contribution in [2.75, 3.05) is 6.61 Å². The van der Waals surface area contributed by atoms with Gasteiger partial charge in [0.05, 0.1) is 6.61 Å². The van der Waals surface area contributed by atoms with Crippen LogP contribution in [0.15, 0.2) is 42.5 Å². The van der Waals surface area contributed by atoms with E-state index >= 15 is 0 Å². The first-order valence-electron chi connectivity index (χ1n) is 8.59. The Bertz CT molecular complexity index is 693. The van der Waals surface area contributed by atoms with E-state index in [1.54, 1.807) is 0 Å². The largest absolute Gasteiger partial charge is 0.466 e. The molecule has 0 aliphatic rings. The molecule has 0 spiro atoms. The van der Waals surface area contributed by atoms with Gasteiger partial charge >= 0.3 is 5.97 Å². The summed E-state index contributed by atoms with van der Waals surface area (Å²) in [7, 11) is 0. The van der Waals surface area contributed by atoms with Gasteiger partial charge in [-0.15, -0.1) is 0 Å². The molecular formula is C22H26O2. The summed E-state index contributed by atoms with van der Waals surface area (Å²) < 4.78 is 4.96. The van der Waals surface area contributed by atoms with Gasteiger partial charge in [-0.1, -0.05) is 54.6 Å². The van der Waals surface area contributed by atoms with Crippen LogP contribution >= 0.6 is 0 Å². The molecule has 0 aliphatic carbocycles. The van der Waals surface area contributed by atoms with Crippen molar-refractivity contribution in [1.82, 2.24) is 0 Å². The molecule has 24 heavy (non-hydrogen) atoms. The normalized spacial score (nSPS) is 11.0. The van der Waals surface area contributed by atoms with Gasteiger partial charge in [-0.05, 0) is 61.4 Å². The number of carbonyl (C=O) groups excluding carboxylic acids is 1. The summed E-state index contributed by atoms with van der Waals surface area (Å²) in [5.41, 5.74) is 6.30. The molecule has 2 nitrogen and oxygen atoms in total. The number of benzene rings is 2. The van der Waals surface area contributed by atoms with Crippen LogP contribution in [0.5, 0.6) is 0 Å². The lowest BCUT2D eigenvalue weighted by Crippen LogP contribution is -2.04. The lowest BCUT2D eigenvalue weighted by Gasteiger charge is -2.05. The van der Waals surface area contributed by atoms with E-state index in [1.807, 2.05) is 6.92 Å². The lowest BCUT2D eigenvalue weighted by molar-refractivity contribution is -0.143. The molecule has 0 aliphatic heterocycles. The summed E-state index contributed by atoms with van der Waals surface area (Å²) in [6, 6.07) is 14.9. The van der Waals surface area contributed by atoms with E-state index in [0.29, 0.717) is 13.0 Å². The maximum atomic E-state index is 11.4. The molecule has 0 fully saturated rings. The van der Waals surface area contributed by atoms with Gasteiger partial charge in [-0.25, -0.2) is 0 Å². The molecule has 0 radical (unpaired) electrons. The predicted molar refractivity (Wildman–Crippen MR) is 101 cm³/mol. The standard InChI is InChI=1S/C22H26O2/c1-4-24-22(23)13-7-12-19-10-6-11-20(16-19)14-15-21-17(2)8-5-9-18(21)3/h5-6,8-11,14-16H,4,7,12-13H2,1-3H3/b15-14+. The highest BCUT2D eigenvalue weighted by Gasteiger charge is 2.02. The fourth-order valence-electron chi connectivity index (χ4n) is 2.79. The molecular weight excluding hydrogens is 296 g/mol. The number of hydrogen-bond acceptors (Lipinski definition) is 2. The summed E-state index contributed by atoms with van der Waals surface area (Å²) in [5.74, 6) is -0.108. The minimum absolute atomic E-state index is 0.108. The van der Waals surface area contributed by atoms with Crippen LogP contribution in [0.3, 0.4) is 0 Å². The second kappa shape index (κ2) is 9.07. The highest BCUT2D eigenvalue weighted by Crippen LogP contribution is 2.18. The van der Waals surface area contributed by atoms with Gasteiger partial charge < -0.3 is 4.74 Å². The Kier molecular flexibility index (Phi) is 6.80. The van der Waals surface area contributed by atoms with Crippen LogP contribution in [0, 0.1) is 13.8 Å². The van der Waals surface area contributed by atoms with Crippen LogP contribution in [0.1, 0.15) is 47.6 Å². The molecule has 0 N–H and O–H groups in total. The molecule has 0 saturated carbocycles. The van der Waals surface area contributed by atoms with Crippen molar-refractivity contribution in [3.05, 3.63) is 70.3 Å². The van der Waals surface area contributed by atoms with E-state index in [0.717, 1.165) is 12.8 Å². The smallest absolute Gasteiger partial charge is 0.305 e. The zero-order chi connectivity index (χ0) is 17.4. The maximum absolute atomic E-state index is 11.4. The zero-order valence-electron chi connectivity index (χ0n) is 14.8. The van der Waals surface area contributed by atoms with Gasteiger partial charge in [0, 0.05) is 6.42 Å². The fraction of sp³-hybridized carbons (Fsp3) is 0.318. The van der Waals surface area contributed by atoms with Gasteiger partial charge in [0.15, 0.2) is 0 Å². The average molecular weight is 322 g/mol. The molecule has 0 heterocycles. The summed E-state index contributed by atoms with van der Waals surface area (Å²) in [6.45, 7) is 6.57. The topological polar surface area (TPSA) is 26.3 Å². The Hall–Kier alpha value is -2.35. The van der Waals surface area contributed by atoms with Crippen molar-refractivity contribution < 1.29 is 9.53 Å². The summed E-state index contributed by atoms with van der Waals surface area (Å²) >= 11 is 0. The van der Waals surface area contributed by atoms with Gasteiger partial charge in [0.25, 0.3) is 0 Å². The number of aryl methyl sites for hydroxylation is 3. The Morgan fingerprint density at radius 1 is 1.04 bits per heavy atom. The second-order valence-electron chi connectivity index (χ2n) is 6.04. The molecule has 2 heteroatoms. The van der Waals surface area contributed by atoms with Crippen molar-refractivity contribution in [2.24, 2.45) is 0 Å². The van der Waals surface area contributed by atoms with Crippen LogP contribution in [0.2, 0.25) is 0 Å². The molecule has 0 atom stereocenters. The van der Waals surface area contributed by atoms with Gasteiger partial charge in [0.1, 0.15) is 0 Å². The molecule has 2 aromatic carbocycles. The van der Waals surface area contributed by atoms with E-state index in [9.17, 15) is 4.79 Å². The Morgan fingerprint density at radius 2 is 1.75 bits per heavy atom. The molecule has 2 rings (SSSR count). The predicted octanol–water partition coefficient (Wildman–Crippen LogP) is 5.36. The average Bonchev–Trinajstić information content (AvgIpc) is 2.55. The Labute approximate surface area is 145 Å². The van der Waals surface area contributed by atoms with Crippen molar-refractivity contribution in [3.8, 4) is 0 Å². The van der Waals surface area contributed by atoms with Gasteiger partial charge in [-0.3, -0.25) is 4.79 Å². The first-order chi connectivity index (χ1) is 11.6. The van der Waals surface area contributed by atoms with E-state index in [4.69, 9.17) is 4.74 Å². The number of carbonyl (C=O) groups is 1. The van der Waals surface area contributed by atoms with E-state index in [2.05, 4.69) is 68.5 Å². The van der Waals surface area contributed by atoms with Gasteiger partial charge in [0.2, 0.25) is 0 Å². The summed E-state index contributed by atoms with van der Waals surface area (Å²) in [6.07, 6.45) is 6.54. The quantitative estimate of drug-likeness (QED) is 0.507. The van der Waals surface area contributed by atoms with E-state index in [1.165, 1.54) is 27.8 Å². The fourth-order valence-corrected chi connectivity index (χ4v) is 2.79. The van der Waals surface area contributed by atoms with Crippen LogP contribution in [0.25, 0.3) is 12.2 Å². The summed E-state index contributed by atoms with van der Waals surface area (Å²) in [4.78, 5) is 11.4. The molecule has 0 saturated heterocycles.